The van der Waals surface area contributed by atoms with Crippen LogP contribution in [0.25, 0.3) is 0 Å². The van der Waals surface area contributed by atoms with Crippen LogP contribution >= 0.6 is 15.9 Å². The summed E-state index contributed by atoms with van der Waals surface area (Å²) in [5.41, 5.74) is 2.42. The van der Waals surface area contributed by atoms with Gasteiger partial charge in [-0.2, -0.15) is 0 Å². The van der Waals surface area contributed by atoms with E-state index in [1.165, 1.54) is 5.56 Å². The molecule has 0 spiro atoms. The second kappa shape index (κ2) is 7.48. The SMILES string of the molecule is COc1cc(CN[C@H](C)c2ccccc2)cc(Br)c1OC. The molecule has 0 amide bonds. The predicted molar refractivity (Wildman–Crippen MR) is 88.9 cm³/mol. The maximum atomic E-state index is 5.37. The van der Waals surface area contributed by atoms with Crippen molar-refractivity contribution in [1.82, 2.24) is 5.32 Å². The number of ether oxygens (including phenoxy) is 2. The van der Waals surface area contributed by atoms with Gasteiger partial charge in [0.15, 0.2) is 11.5 Å². The Morgan fingerprint density at radius 3 is 2.43 bits per heavy atom. The summed E-state index contributed by atoms with van der Waals surface area (Å²) in [7, 11) is 3.28. The van der Waals surface area contributed by atoms with E-state index < -0.39 is 0 Å². The van der Waals surface area contributed by atoms with Crippen LogP contribution in [0.15, 0.2) is 46.9 Å². The molecule has 0 aliphatic rings. The van der Waals surface area contributed by atoms with Gasteiger partial charge in [-0.15, -0.1) is 0 Å². The Morgan fingerprint density at radius 1 is 1.10 bits per heavy atom. The summed E-state index contributed by atoms with van der Waals surface area (Å²) in [6.07, 6.45) is 0. The average molecular weight is 350 g/mol. The van der Waals surface area contributed by atoms with E-state index in [2.05, 4.69) is 52.4 Å². The van der Waals surface area contributed by atoms with Gasteiger partial charge >= 0.3 is 0 Å². The maximum Gasteiger partial charge on any atom is 0.174 e. The summed E-state index contributed by atoms with van der Waals surface area (Å²) in [5, 5.41) is 3.51. The summed E-state index contributed by atoms with van der Waals surface area (Å²) >= 11 is 3.52. The molecule has 0 aliphatic heterocycles. The molecule has 2 rings (SSSR count). The zero-order chi connectivity index (χ0) is 15.2. The zero-order valence-electron chi connectivity index (χ0n) is 12.5. The molecule has 21 heavy (non-hydrogen) atoms. The van der Waals surface area contributed by atoms with Gasteiger partial charge < -0.3 is 14.8 Å². The molecule has 3 nitrogen and oxygen atoms in total. The molecule has 1 atom stereocenters. The number of hydrogen-bond acceptors (Lipinski definition) is 3. The molecule has 0 unspecified atom stereocenters. The third kappa shape index (κ3) is 3.99. The molecule has 1 N–H and O–H groups in total. The van der Waals surface area contributed by atoms with Crippen molar-refractivity contribution in [1.29, 1.82) is 0 Å². The molecule has 112 valence electrons. The van der Waals surface area contributed by atoms with Crippen LogP contribution in [0, 0.1) is 0 Å². The lowest BCUT2D eigenvalue weighted by atomic mass is 10.1. The summed E-state index contributed by atoms with van der Waals surface area (Å²) < 4.78 is 11.6. The third-order valence-corrected chi connectivity index (χ3v) is 3.99. The molecule has 0 saturated heterocycles. The summed E-state index contributed by atoms with van der Waals surface area (Å²) in [5.74, 6) is 1.45. The largest absolute Gasteiger partial charge is 0.493 e. The van der Waals surface area contributed by atoms with Crippen LogP contribution in [-0.4, -0.2) is 14.2 Å². The lowest BCUT2D eigenvalue weighted by molar-refractivity contribution is 0.352. The standard InChI is InChI=1S/C17H20BrNO2/c1-12(14-7-5-4-6-8-14)19-11-13-9-15(18)17(21-3)16(10-13)20-2/h4-10,12,19H,11H2,1-3H3/t12-/m1/s1. The minimum Gasteiger partial charge on any atom is -0.493 e. The molecule has 2 aromatic carbocycles. The van der Waals surface area contributed by atoms with Gasteiger partial charge in [0.25, 0.3) is 0 Å². The molecular formula is C17H20BrNO2. The molecular weight excluding hydrogens is 330 g/mol. The fourth-order valence-electron chi connectivity index (χ4n) is 2.20. The lowest BCUT2D eigenvalue weighted by Crippen LogP contribution is -2.18. The van der Waals surface area contributed by atoms with Crippen LogP contribution < -0.4 is 14.8 Å². The minimum atomic E-state index is 0.290. The van der Waals surface area contributed by atoms with E-state index in [-0.39, 0.29) is 6.04 Å². The predicted octanol–water partition coefficient (Wildman–Crippen LogP) is 4.32. The topological polar surface area (TPSA) is 30.5 Å². The number of halogens is 1. The smallest absolute Gasteiger partial charge is 0.174 e. The van der Waals surface area contributed by atoms with E-state index in [1.807, 2.05) is 18.2 Å². The van der Waals surface area contributed by atoms with Crippen molar-refractivity contribution in [3.63, 3.8) is 0 Å². The second-order valence-electron chi connectivity index (χ2n) is 4.83. The van der Waals surface area contributed by atoms with E-state index in [0.717, 1.165) is 28.1 Å². The van der Waals surface area contributed by atoms with Gasteiger partial charge in [-0.3, -0.25) is 0 Å². The normalized spacial score (nSPS) is 12.0. The number of methoxy groups -OCH3 is 2. The Kier molecular flexibility index (Phi) is 5.65. The van der Waals surface area contributed by atoms with E-state index >= 15 is 0 Å². The van der Waals surface area contributed by atoms with Crippen molar-refractivity contribution in [2.45, 2.75) is 19.5 Å². The van der Waals surface area contributed by atoms with Crippen molar-refractivity contribution in [3.05, 3.63) is 58.1 Å². The van der Waals surface area contributed by atoms with Gasteiger partial charge in [0.2, 0.25) is 0 Å². The van der Waals surface area contributed by atoms with Crippen molar-refractivity contribution < 1.29 is 9.47 Å². The van der Waals surface area contributed by atoms with Crippen LogP contribution in [0.3, 0.4) is 0 Å². The number of benzene rings is 2. The van der Waals surface area contributed by atoms with Crippen LogP contribution in [0.5, 0.6) is 11.5 Å². The van der Waals surface area contributed by atoms with Gasteiger partial charge in [-0.1, -0.05) is 30.3 Å². The van der Waals surface area contributed by atoms with Gasteiger partial charge in [-0.25, -0.2) is 0 Å². The van der Waals surface area contributed by atoms with Crippen LogP contribution in [0.4, 0.5) is 0 Å². The quantitative estimate of drug-likeness (QED) is 0.842. The first-order chi connectivity index (χ1) is 10.2. The third-order valence-electron chi connectivity index (χ3n) is 3.41. The Bertz CT molecular complexity index is 587. The fraction of sp³-hybridized carbons (Fsp3) is 0.294. The Hall–Kier alpha value is -1.52. The molecule has 0 aliphatic carbocycles. The lowest BCUT2D eigenvalue weighted by Gasteiger charge is -2.16. The number of nitrogens with one attached hydrogen (secondary N) is 1. The molecule has 0 heterocycles. The number of hydrogen-bond donors (Lipinski definition) is 1. The van der Waals surface area contributed by atoms with Crippen molar-refractivity contribution >= 4 is 15.9 Å². The second-order valence-corrected chi connectivity index (χ2v) is 5.68. The maximum absolute atomic E-state index is 5.37. The van der Waals surface area contributed by atoms with Gasteiger partial charge in [-0.05, 0) is 46.1 Å². The molecule has 0 bridgehead atoms. The summed E-state index contributed by atoms with van der Waals surface area (Å²) in [6, 6.07) is 14.7. The summed E-state index contributed by atoms with van der Waals surface area (Å²) in [4.78, 5) is 0. The molecule has 0 saturated carbocycles. The zero-order valence-corrected chi connectivity index (χ0v) is 14.1. The first kappa shape index (κ1) is 15.9. The van der Waals surface area contributed by atoms with Crippen LogP contribution in [-0.2, 0) is 6.54 Å². The highest BCUT2D eigenvalue weighted by molar-refractivity contribution is 9.10. The van der Waals surface area contributed by atoms with Crippen LogP contribution in [0.2, 0.25) is 0 Å². The monoisotopic (exact) mass is 349 g/mol. The first-order valence-electron chi connectivity index (χ1n) is 6.84. The minimum absolute atomic E-state index is 0.290. The first-order valence-corrected chi connectivity index (χ1v) is 7.63. The van der Waals surface area contributed by atoms with E-state index in [0.29, 0.717) is 0 Å². The van der Waals surface area contributed by atoms with Gasteiger partial charge in [0.1, 0.15) is 0 Å². The number of rotatable bonds is 6. The summed E-state index contributed by atoms with van der Waals surface area (Å²) in [6.45, 7) is 2.92. The van der Waals surface area contributed by atoms with Crippen LogP contribution in [0.1, 0.15) is 24.1 Å². The molecule has 4 heteroatoms. The highest BCUT2D eigenvalue weighted by Gasteiger charge is 2.11. The average Bonchev–Trinajstić information content (AvgIpc) is 2.52. The molecule has 0 radical (unpaired) electrons. The van der Waals surface area contributed by atoms with Crippen molar-refractivity contribution in [2.24, 2.45) is 0 Å². The van der Waals surface area contributed by atoms with Crippen molar-refractivity contribution in [3.8, 4) is 11.5 Å². The Morgan fingerprint density at radius 2 is 1.81 bits per heavy atom. The molecule has 2 aromatic rings. The Labute approximate surface area is 134 Å². The molecule has 0 fully saturated rings. The highest BCUT2D eigenvalue weighted by Crippen LogP contribution is 2.36. The van der Waals surface area contributed by atoms with Gasteiger partial charge in [0, 0.05) is 12.6 Å². The van der Waals surface area contributed by atoms with Gasteiger partial charge in [0.05, 0.1) is 18.7 Å². The van der Waals surface area contributed by atoms with Crippen molar-refractivity contribution in [2.75, 3.05) is 14.2 Å². The van der Waals surface area contributed by atoms with E-state index in [4.69, 9.17) is 9.47 Å². The highest BCUT2D eigenvalue weighted by atomic mass is 79.9. The fourth-order valence-corrected chi connectivity index (χ4v) is 2.86. The Balaban J connectivity index is 2.08. The van der Waals surface area contributed by atoms with E-state index in [1.54, 1.807) is 14.2 Å². The molecule has 0 aromatic heterocycles. The van der Waals surface area contributed by atoms with E-state index in [9.17, 15) is 0 Å².